The molecule has 0 aromatic heterocycles. The molecule has 1 rings (SSSR count). The maximum Gasteiger partial charge on any atom is 0.401 e. The molecule has 0 amide bonds. The second-order valence-electron chi connectivity index (χ2n) is 5.29. The molecular weight excluding hydrogens is 281 g/mol. The van der Waals surface area contributed by atoms with E-state index in [1.165, 1.54) is 12.0 Å². The third-order valence-electron chi connectivity index (χ3n) is 3.21. The normalized spacial score (nSPS) is 12.2. The summed E-state index contributed by atoms with van der Waals surface area (Å²) in [6.07, 6.45) is -4.21. The third-order valence-corrected chi connectivity index (χ3v) is 3.21. The second kappa shape index (κ2) is 7.66. The molecule has 0 aliphatic carbocycles. The first-order chi connectivity index (χ1) is 9.76. The van der Waals surface area contributed by atoms with Crippen LogP contribution in [0.1, 0.15) is 25.0 Å². The first-order valence-corrected chi connectivity index (χ1v) is 6.88. The fraction of sp³-hybridized carbons (Fsp3) is 0.600. The van der Waals surface area contributed by atoms with E-state index in [0.717, 1.165) is 11.1 Å². The first kappa shape index (κ1) is 17.8. The van der Waals surface area contributed by atoms with Crippen LogP contribution in [-0.2, 0) is 13.1 Å². The summed E-state index contributed by atoms with van der Waals surface area (Å²) in [6, 6.07) is 5.39. The Morgan fingerprint density at radius 3 is 2.43 bits per heavy atom. The molecule has 0 bridgehead atoms. The van der Waals surface area contributed by atoms with Crippen LogP contribution < -0.4 is 10.1 Å². The average molecular weight is 304 g/mol. The van der Waals surface area contributed by atoms with E-state index >= 15 is 0 Å². The van der Waals surface area contributed by atoms with Gasteiger partial charge in [0.15, 0.2) is 0 Å². The summed E-state index contributed by atoms with van der Waals surface area (Å²) in [6.45, 7) is 3.46. The topological polar surface area (TPSA) is 24.5 Å². The molecular formula is C15H23F3N2O. The van der Waals surface area contributed by atoms with Crippen LogP contribution >= 0.6 is 0 Å². The number of nitrogens with zero attached hydrogens (tertiary/aromatic N) is 1. The molecule has 6 heteroatoms. The molecule has 0 aliphatic heterocycles. The molecule has 0 fully saturated rings. The van der Waals surface area contributed by atoms with Crippen LogP contribution in [0.4, 0.5) is 13.2 Å². The monoisotopic (exact) mass is 304 g/mol. The van der Waals surface area contributed by atoms with Crippen molar-refractivity contribution in [2.75, 3.05) is 20.7 Å². The number of halogens is 3. The van der Waals surface area contributed by atoms with Crippen molar-refractivity contribution in [2.45, 2.75) is 39.2 Å². The van der Waals surface area contributed by atoms with Gasteiger partial charge in [-0.3, -0.25) is 4.90 Å². The SMILES string of the molecule is CNCc1ccc(OC)c(CN(CC(F)(F)F)C(C)C)c1. The molecule has 0 heterocycles. The quantitative estimate of drug-likeness (QED) is 0.837. The number of methoxy groups -OCH3 is 1. The smallest absolute Gasteiger partial charge is 0.401 e. The minimum absolute atomic E-state index is 0.204. The van der Waals surface area contributed by atoms with E-state index in [-0.39, 0.29) is 12.6 Å². The molecule has 120 valence electrons. The summed E-state index contributed by atoms with van der Waals surface area (Å²) in [7, 11) is 3.36. The van der Waals surface area contributed by atoms with Crippen molar-refractivity contribution in [1.29, 1.82) is 0 Å². The van der Waals surface area contributed by atoms with E-state index in [1.807, 2.05) is 19.2 Å². The van der Waals surface area contributed by atoms with Gasteiger partial charge in [0.1, 0.15) is 5.75 Å². The van der Waals surface area contributed by atoms with E-state index in [4.69, 9.17) is 4.74 Å². The van der Waals surface area contributed by atoms with Gasteiger partial charge in [-0.1, -0.05) is 6.07 Å². The van der Waals surface area contributed by atoms with E-state index in [9.17, 15) is 13.2 Å². The number of hydrogen-bond donors (Lipinski definition) is 1. The average Bonchev–Trinajstić information content (AvgIpc) is 2.37. The van der Waals surface area contributed by atoms with Crippen LogP contribution in [0.3, 0.4) is 0 Å². The van der Waals surface area contributed by atoms with Crippen molar-refractivity contribution in [3.05, 3.63) is 29.3 Å². The molecule has 3 nitrogen and oxygen atoms in total. The minimum atomic E-state index is -4.21. The van der Waals surface area contributed by atoms with Gasteiger partial charge in [0.05, 0.1) is 13.7 Å². The lowest BCUT2D eigenvalue weighted by atomic mass is 10.1. The van der Waals surface area contributed by atoms with E-state index < -0.39 is 12.7 Å². The van der Waals surface area contributed by atoms with E-state index in [0.29, 0.717) is 12.3 Å². The Morgan fingerprint density at radius 1 is 1.29 bits per heavy atom. The van der Waals surface area contributed by atoms with Crippen LogP contribution in [0.25, 0.3) is 0 Å². The van der Waals surface area contributed by atoms with Crippen LogP contribution in [-0.4, -0.2) is 37.8 Å². The predicted octanol–water partition coefficient (Wildman–Crippen LogP) is 3.19. The largest absolute Gasteiger partial charge is 0.496 e. The van der Waals surface area contributed by atoms with Crippen molar-refractivity contribution >= 4 is 0 Å². The fourth-order valence-corrected chi connectivity index (χ4v) is 2.14. The van der Waals surface area contributed by atoms with Crippen molar-refractivity contribution in [3.63, 3.8) is 0 Å². The summed E-state index contributed by atoms with van der Waals surface area (Å²) in [4.78, 5) is 1.39. The van der Waals surface area contributed by atoms with Crippen molar-refractivity contribution < 1.29 is 17.9 Å². The summed E-state index contributed by atoms with van der Waals surface area (Å²) < 4.78 is 43.3. The maximum absolute atomic E-state index is 12.7. The van der Waals surface area contributed by atoms with Crippen LogP contribution in [0.5, 0.6) is 5.75 Å². The van der Waals surface area contributed by atoms with Gasteiger partial charge in [-0.25, -0.2) is 0 Å². The van der Waals surface area contributed by atoms with Crippen LogP contribution in [0, 0.1) is 0 Å². The van der Waals surface area contributed by atoms with Gasteiger partial charge in [0.2, 0.25) is 0 Å². The first-order valence-electron chi connectivity index (χ1n) is 6.88. The number of hydrogen-bond acceptors (Lipinski definition) is 3. The Bertz CT molecular complexity index is 447. The van der Waals surface area contributed by atoms with Gasteiger partial charge < -0.3 is 10.1 Å². The Hall–Kier alpha value is -1.27. The van der Waals surface area contributed by atoms with Gasteiger partial charge >= 0.3 is 6.18 Å². The standard InChI is InChI=1S/C15H23F3N2O/c1-11(2)20(10-15(16,17)18)9-13-7-12(8-19-3)5-6-14(13)21-4/h5-7,11,19H,8-10H2,1-4H3. The molecule has 1 N–H and O–H groups in total. The zero-order chi connectivity index (χ0) is 16.0. The molecule has 0 saturated heterocycles. The number of rotatable bonds is 7. The summed E-state index contributed by atoms with van der Waals surface area (Å²) in [5.41, 5.74) is 1.78. The van der Waals surface area contributed by atoms with Gasteiger partial charge in [-0.05, 0) is 38.6 Å². The molecule has 1 aromatic carbocycles. The Kier molecular flexibility index (Phi) is 6.48. The molecule has 0 aliphatic rings. The van der Waals surface area contributed by atoms with E-state index in [1.54, 1.807) is 19.9 Å². The minimum Gasteiger partial charge on any atom is -0.496 e. The zero-order valence-electron chi connectivity index (χ0n) is 12.9. The number of ether oxygens (including phenoxy) is 1. The van der Waals surface area contributed by atoms with Gasteiger partial charge in [0.25, 0.3) is 0 Å². The van der Waals surface area contributed by atoms with Gasteiger partial charge in [-0.2, -0.15) is 13.2 Å². The molecule has 0 unspecified atom stereocenters. The molecule has 21 heavy (non-hydrogen) atoms. The number of benzene rings is 1. The highest BCUT2D eigenvalue weighted by Gasteiger charge is 2.32. The Balaban J connectivity index is 2.98. The van der Waals surface area contributed by atoms with Gasteiger partial charge in [0, 0.05) is 24.7 Å². The summed E-state index contributed by atoms with van der Waals surface area (Å²) in [5, 5.41) is 3.03. The lowest BCUT2D eigenvalue weighted by molar-refractivity contribution is -0.150. The highest BCUT2D eigenvalue weighted by atomic mass is 19.4. The zero-order valence-corrected chi connectivity index (χ0v) is 12.9. The molecule has 0 atom stereocenters. The van der Waals surface area contributed by atoms with E-state index in [2.05, 4.69) is 5.32 Å². The fourth-order valence-electron chi connectivity index (χ4n) is 2.14. The highest BCUT2D eigenvalue weighted by Crippen LogP contribution is 2.25. The molecule has 0 saturated carbocycles. The third kappa shape index (κ3) is 5.93. The summed E-state index contributed by atoms with van der Waals surface area (Å²) in [5.74, 6) is 0.614. The summed E-state index contributed by atoms with van der Waals surface area (Å²) >= 11 is 0. The molecule has 1 aromatic rings. The molecule has 0 spiro atoms. The van der Waals surface area contributed by atoms with Crippen molar-refractivity contribution in [1.82, 2.24) is 10.2 Å². The Morgan fingerprint density at radius 2 is 1.95 bits per heavy atom. The second-order valence-corrected chi connectivity index (χ2v) is 5.29. The van der Waals surface area contributed by atoms with Gasteiger partial charge in [-0.15, -0.1) is 0 Å². The number of alkyl halides is 3. The maximum atomic E-state index is 12.7. The lowest BCUT2D eigenvalue weighted by Gasteiger charge is -2.28. The van der Waals surface area contributed by atoms with Crippen molar-refractivity contribution in [2.24, 2.45) is 0 Å². The lowest BCUT2D eigenvalue weighted by Crippen LogP contribution is -2.38. The predicted molar refractivity (Wildman–Crippen MR) is 77.4 cm³/mol. The molecule has 0 radical (unpaired) electrons. The van der Waals surface area contributed by atoms with Crippen LogP contribution in [0.15, 0.2) is 18.2 Å². The van der Waals surface area contributed by atoms with Crippen molar-refractivity contribution in [3.8, 4) is 5.75 Å². The van der Waals surface area contributed by atoms with Crippen LogP contribution in [0.2, 0.25) is 0 Å². The Labute approximate surface area is 124 Å². The highest BCUT2D eigenvalue weighted by molar-refractivity contribution is 5.37. The number of nitrogens with one attached hydrogen (secondary N) is 1.